The average molecular weight is 323 g/mol. The van der Waals surface area contributed by atoms with E-state index in [-0.39, 0.29) is 16.9 Å². The maximum absolute atomic E-state index is 12.2. The average Bonchev–Trinajstić information content (AvgIpc) is 2.85. The minimum atomic E-state index is 0.0947. The molecule has 120 valence electrons. The highest BCUT2D eigenvalue weighted by molar-refractivity contribution is 8.13. The number of nitrogens with zero attached hydrogens (tertiary/aromatic N) is 1. The lowest BCUT2D eigenvalue weighted by Gasteiger charge is -2.20. The summed E-state index contributed by atoms with van der Waals surface area (Å²) in [7, 11) is 3.22. The highest BCUT2D eigenvalue weighted by Gasteiger charge is 2.31. The van der Waals surface area contributed by atoms with Crippen molar-refractivity contribution in [2.75, 3.05) is 26.5 Å². The van der Waals surface area contributed by atoms with E-state index in [0.29, 0.717) is 36.8 Å². The minimum Gasteiger partial charge on any atom is -0.496 e. The summed E-state index contributed by atoms with van der Waals surface area (Å²) in [6, 6.07) is 5.59. The van der Waals surface area contributed by atoms with Gasteiger partial charge in [0.05, 0.1) is 26.3 Å². The number of methoxy groups -OCH3 is 2. The van der Waals surface area contributed by atoms with Gasteiger partial charge in [-0.2, -0.15) is 0 Å². The highest BCUT2D eigenvalue weighted by Crippen LogP contribution is 2.32. The van der Waals surface area contributed by atoms with Crippen molar-refractivity contribution >= 4 is 22.8 Å². The zero-order chi connectivity index (χ0) is 16.1. The first-order valence-corrected chi connectivity index (χ1v) is 8.14. The maximum atomic E-state index is 12.2. The van der Waals surface area contributed by atoms with Crippen LogP contribution in [-0.4, -0.2) is 42.4 Å². The summed E-state index contributed by atoms with van der Waals surface area (Å²) in [6.07, 6.45) is 0.498. The van der Waals surface area contributed by atoms with Crippen molar-refractivity contribution in [3.05, 3.63) is 23.8 Å². The third kappa shape index (κ3) is 3.94. The molecule has 1 atom stereocenters. The largest absolute Gasteiger partial charge is 0.496 e. The normalized spacial score (nSPS) is 17.7. The number of carbonyl (C=O) groups excluding carboxylic acids is 2. The van der Waals surface area contributed by atoms with Gasteiger partial charge in [0.1, 0.15) is 11.5 Å². The number of likely N-dealkylation sites (tertiary alicyclic amines) is 1. The van der Waals surface area contributed by atoms with E-state index < -0.39 is 0 Å². The number of ether oxygens (including phenoxy) is 2. The van der Waals surface area contributed by atoms with E-state index in [2.05, 4.69) is 0 Å². The van der Waals surface area contributed by atoms with Crippen molar-refractivity contribution in [1.82, 2.24) is 4.90 Å². The van der Waals surface area contributed by atoms with Crippen molar-refractivity contribution in [3.63, 3.8) is 0 Å². The van der Waals surface area contributed by atoms with Crippen molar-refractivity contribution < 1.29 is 19.1 Å². The van der Waals surface area contributed by atoms with Crippen LogP contribution in [0.25, 0.3) is 0 Å². The SMILES string of the molecule is COc1cccc(OC)c1CN1CC(CSC(C)=O)CC1=O. The molecule has 1 heterocycles. The van der Waals surface area contributed by atoms with Crippen LogP contribution < -0.4 is 9.47 Å². The minimum absolute atomic E-state index is 0.0947. The lowest BCUT2D eigenvalue weighted by molar-refractivity contribution is -0.128. The molecular formula is C16H21NO4S. The molecule has 0 radical (unpaired) electrons. The monoisotopic (exact) mass is 323 g/mol. The Morgan fingerprint density at radius 3 is 2.50 bits per heavy atom. The number of hydrogen-bond acceptors (Lipinski definition) is 5. The van der Waals surface area contributed by atoms with Crippen LogP contribution in [0.3, 0.4) is 0 Å². The molecule has 1 aromatic rings. The van der Waals surface area contributed by atoms with Crippen LogP contribution in [0.4, 0.5) is 0 Å². The lowest BCUT2D eigenvalue weighted by atomic mass is 10.1. The van der Waals surface area contributed by atoms with Gasteiger partial charge in [-0.25, -0.2) is 0 Å². The van der Waals surface area contributed by atoms with Crippen molar-refractivity contribution in [2.24, 2.45) is 5.92 Å². The van der Waals surface area contributed by atoms with Gasteiger partial charge in [-0.3, -0.25) is 9.59 Å². The smallest absolute Gasteiger partial charge is 0.223 e. The summed E-state index contributed by atoms with van der Waals surface area (Å²) in [5, 5.41) is 0.0947. The Kier molecular flexibility index (Phi) is 5.71. The third-order valence-electron chi connectivity index (χ3n) is 3.70. The molecule has 0 aromatic heterocycles. The van der Waals surface area contributed by atoms with E-state index in [0.717, 1.165) is 5.56 Å². The van der Waals surface area contributed by atoms with Gasteiger partial charge in [0.25, 0.3) is 0 Å². The molecule has 2 rings (SSSR count). The molecule has 0 spiro atoms. The van der Waals surface area contributed by atoms with Crippen LogP contribution in [0.15, 0.2) is 18.2 Å². The summed E-state index contributed by atoms with van der Waals surface area (Å²) in [5.74, 6) is 2.47. The predicted molar refractivity (Wildman–Crippen MR) is 86.2 cm³/mol. The van der Waals surface area contributed by atoms with Gasteiger partial charge in [0.15, 0.2) is 5.12 Å². The first-order valence-electron chi connectivity index (χ1n) is 7.16. The van der Waals surface area contributed by atoms with Crippen LogP contribution in [0.1, 0.15) is 18.9 Å². The Bertz CT molecular complexity index is 539. The van der Waals surface area contributed by atoms with Crippen molar-refractivity contribution in [1.29, 1.82) is 0 Å². The van der Waals surface area contributed by atoms with E-state index in [1.807, 2.05) is 23.1 Å². The first kappa shape index (κ1) is 16.7. The van der Waals surface area contributed by atoms with Crippen molar-refractivity contribution in [3.8, 4) is 11.5 Å². The second-order valence-corrected chi connectivity index (χ2v) is 6.49. The summed E-state index contributed by atoms with van der Waals surface area (Å²) in [6.45, 7) is 2.69. The quantitative estimate of drug-likeness (QED) is 0.804. The zero-order valence-corrected chi connectivity index (χ0v) is 13.9. The van der Waals surface area contributed by atoms with Gasteiger partial charge < -0.3 is 14.4 Å². The number of thioether (sulfide) groups is 1. The molecule has 22 heavy (non-hydrogen) atoms. The number of amides is 1. The molecule has 0 N–H and O–H groups in total. The van der Waals surface area contributed by atoms with Gasteiger partial charge in [0, 0.05) is 25.6 Å². The fraction of sp³-hybridized carbons (Fsp3) is 0.500. The number of rotatable bonds is 6. The summed E-state index contributed by atoms with van der Waals surface area (Å²) >= 11 is 1.29. The second kappa shape index (κ2) is 7.54. The van der Waals surface area contributed by atoms with Gasteiger partial charge in [-0.05, 0) is 18.1 Å². The molecule has 1 fully saturated rings. The van der Waals surface area contributed by atoms with Gasteiger partial charge in [-0.1, -0.05) is 17.8 Å². The predicted octanol–water partition coefficient (Wildman–Crippen LogP) is 2.33. The van der Waals surface area contributed by atoms with E-state index in [4.69, 9.17) is 9.47 Å². The van der Waals surface area contributed by atoms with E-state index in [1.54, 1.807) is 21.1 Å². The maximum Gasteiger partial charge on any atom is 0.223 e. The Morgan fingerprint density at radius 1 is 1.32 bits per heavy atom. The number of hydrogen-bond donors (Lipinski definition) is 0. The molecule has 5 nitrogen and oxygen atoms in total. The first-order chi connectivity index (χ1) is 10.5. The Labute approximate surface area is 135 Å². The van der Waals surface area contributed by atoms with Gasteiger partial charge >= 0.3 is 0 Å². The summed E-state index contributed by atoms with van der Waals surface area (Å²) < 4.78 is 10.7. The topological polar surface area (TPSA) is 55.8 Å². The Hall–Kier alpha value is -1.69. The number of benzene rings is 1. The number of carbonyl (C=O) groups is 2. The standard InChI is InChI=1S/C16H21NO4S/c1-11(18)22-10-12-7-16(19)17(8-12)9-13-14(20-2)5-4-6-15(13)21-3/h4-6,12H,7-10H2,1-3H3. The molecule has 1 aromatic carbocycles. The Morgan fingerprint density at radius 2 is 1.95 bits per heavy atom. The van der Waals surface area contributed by atoms with Crippen LogP contribution in [-0.2, 0) is 16.1 Å². The molecule has 0 bridgehead atoms. The van der Waals surface area contributed by atoms with E-state index in [9.17, 15) is 9.59 Å². The molecule has 1 saturated heterocycles. The van der Waals surface area contributed by atoms with Crippen LogP contribution in [0.2, 0.25) is 0 Å². The van der Waals surface area contributed by atoms with Crippen molar-refractivity contribution in [2.45, 2.75) is 19.9 Å². The van der Waals surface area contributed by atoms with Gasteiger partial charge in [0.2, 0.25) is 5.91 Å². The fourth-order valence-corrected chi connectivity index (χ4v) is 3.32. The fourth-order valence-electron chi connectivity index (χ4n) is 2.63. The van der Waals surface area contributed by atoms with Crippen LogP contribution >= 0.6 is 11.8 Å². The molecular weight excluding hydrogens is 302 g/mol. The Balaban J connectivity index is 2.08. The van der Waals surface area contributed by atoms with E-state index >= 15 is 0 Å². The molecule has 1 aliphatic rings. The molecule has 1 amide bonds. The molecule has 0 saturated carbocycles. The molecule has 1 aliphatic heterocycles. The highest BCUT2D eigenvalue weighted by atomic mass is 32.2. The summed E-state index contributed by atoms with van der Waals surface area (Å²) in [4.78, 5) is 25.0. The second-order valence-electron chi connectivity index (χ2n) is 5.29. The lowest BCUT2D eigenvalue weighted by Crippen LogP contribution is -2.25. The molecule has 1 unspecified atom stereocenters. The van der Waals surface area contributed by atoms with Gasteiger partial charge in [-0.15, -0.1) is 0 Å². The van der Waals surface area contributed by atoms with Crippen LogP contribution in [0, 0.1) is 5.92 Å². The third-order valence-corrected chi connectivity index (χ3v) is 4.74. The molecule has 6 heteroatoms. The zero-order valence-electron chi connectivity index (χ0n) is 13.1. The van der Waals surface area contributed by atoms with Crippen LogP contribution in [0.5, 0.6) is 11.5 Å². The summed E-state index contributed by atoms with van der Waals surface area (Å²) in [5.41, 5.74) is 0.876. The molecule has 0 aliphatic carbocycles. The van der Waals surface area contributed by atoms with E-state index in [1.165, 1.54) is 11.8 Å².